The first-order valence-corrected chi connectivity index (χ1v) is 25.1. The maximum absolute atomic E-state index is 4.40. The van der Waals surface area contributed by atoms with Crippen LogP contribution >= 0.6 is 0 Å². The molecule has 4 atom stereocenters. The molecular weight excluding hydrogens is 825 g/mol. The van der Waals surface area contributed by atoms with Crippen LogP contribution in [0.3, 0.4) is 0 Å². The van der Waals surface area contributed by atoms with Crippen molar-refractivity contribution >= 4 is 44.3 Å². The van der Waals surface area contributed by atoms with Gasteiger partial charge < -0.3 is 9.80 Å². The summed E-state index contributed by atoms with van der Waals surface area (Å²) in [4.78, 5) is 14.1. The molecule has 0 N–H and O–H groups in total. The van der Waals surface area contributed by atoms with Crippen LogP contribution in [0.4, 0.5) is 22.7 Å². The van der Waals surface area contributed by atoms with E-state index in [4.69, 9.17) is 0 Å². The van der Waals surface area contributed by atoms with Crippen molar-refractivity contribution in [2.45, 2.75) is 101 Å². The first-order chi connectivity index (χ1) is 33.2. The monoisotopic (exact) mass is 882 g/mol. The van der Waals surface area contributed by atoms with Gasteiger partial charge in [-0.1, -0.05) is 137 Å². The van der Waals surface area contributed by atoms with Crippen LogP contribution in [0, 0.1) is 0 Å². The molecule has 7 aromatic carbocycles. The molecule has 0 bridgehead atoms. The fraction of sp³-hybridized carbons (Fsp3) is 0.250. The van der Waals surface area contributed by atoms with Gasteiger partial charge in [0.1, 0.15) is 0 Å². The van der Waals surface area contributed by atoms with Gasteiger partial charge in [0, 0.05) is 58.4 Å². The van der Waals surface area contributed by atoms with Gasteiger partial charge in [-0.05, 0) is 177 Å². The Balaban J connectivity index is 1.01. The van der Waals surface area contributed by atoms with Crippen molar-refractivity contribution in [1.29, 1.82) is 0 Å². The predicted molar refractivity (Wildman–Crippen MR) is 284 cm³/mol. The van der Waals surface area contributed by atoms with Gasteiger partial charge in [-0.25, -0.2) is 0 Å². The normalized spacial score (nSPS) is 23.9. The van der Waals surface area contributed by atoms with E-state index >= 15 is 0 Å². The highest BCUT2D eigenvalue weighted by Crippen LogP contribution is 2.63. The summed E-state index contributed by atoms with van der Waals surface area (Å²) in [6.45, 7) is 10.1. The number of fused-ring (bicyclic) bond motifs is 8. The van der Waals surface area contributed by atoms with Gasteiger partial charge in [-0.2, -0.15) is 0 Å². The van der Waals surface area contributed by atoms with Crippen molar-refractivity contribution in [3.8, 4) is 44.5 Å². The Morgan fingerprint density at radius 1 is 0.353 bits per heavy atom. The van der Waals surface area contributed by atoms with Gasteiger partial charge in [-0.15, -0.1) is 0 Å². The third kappa shape index (κ3) is 5.79. The third-order valence-corrected chi connectivity index (χ3v) is 18.0. The van der Waals surface area contributed by atoms with Gasteiger partial charge in [-0.3, -0.25) is 9.97 Å². The molecule has 2 aliphatic carbocycles. The second-order valence-corrected chi connectivity index (χ2v) is 21.2. The summed E-state index contributed by atoms with van der Waals surface area (Å²) in [5.41, 5.74) is 18.1. The zero-order valence-electron chi connectivity index (χ0n) is 39.8. The van der Waals surface area contributed by atoms with Gasteiger partial charge in [0.2, 0.25) is 0 Å². The summed E-state index contributed by atoms with van der Waals surface area (Å²) in [7, 11) is 0. The second kappa shape index (κ2) is 15.2. The minimum atomic E-state index is -0.0194. The summed E-state index contributed by atoms with van der Waals surface area (Å²) in [5.74, 6) is 0. The molecule has 9 aromatic rings. The fourth-order valence-electron chi connectivity index (χ4n) is 14.0. The van der Waals surface area contributed by atoms with E-state index in [-0.39, 0.29) is 21.9 Å². The van der Waals surface area contributed by atoms with Crippen LogP contribution in [0.2, 0.25) is 0 Å². The molecule has 4 heteroatoms. The number of hydrogen-bond acceptors (Lipinski definition) is 4. The van der Waals surface area contributed by atoms with E-state index in [0.29, 0.717) is 0 Å². The molecule has 13 rings (SSSR count). The molecule has 2 saturated carbocycles. The van der Waals surface area contributed by atoms with E-state index in [1.165, 1.54) is 151 Å². The SMILES string of the molecule is CC12CCCCC1(C)N(c1ccncc1)c1ccc(-c3ccc4c(-c5ccccc5)c5cc(-c6ccc7c(c6)C6(C)CCCCC6(C)N7c6ccncc6)ccc5c(-c5ccccc5)c4c3)cc12. The minimum Gasteiger partial charge on any atom is -0.334 e. The van der Waals surface area contributed by atoms with E-state index in [2.05, 4.69) is 205 Å². The third-order valence-electron chi connectivity index (χ3n) is 18.0. The Kier molecular flexibility index (Phi) is 9.23. The van der Waals surface area contributed by atoms with Crippen molar-refractivity contribution in [3.05, 3.63) is 194 Å². The minimum absolute atomic E-state index is 0.0194. The Morgan fingerprint density at radius 3 is 1.13 bits per heavy atom. The van der Waals surface area contributed by atoms with Crippen molar-refractivity contribution in [3.63, 3.8) is 0 Å². The van der Waals surface area contributed by atoms with Crippen LogP contribution < -0.4 is 9.80 Å². The Hall–Kier alpha value is -7.04. The summed E-state index contributed by atoms with van der Waals surface area (Å²) >= 11 is 0. The molecule has 4 aliphatic rings. The molecule has 4 unspecified atom stereocenters. The summed E-state index contributed by atoms with van der Waals surface area (Å²) < 4.78 is 0. The molecule has 334 valence electrons. The molecule has 0 saturated heterocycles. The molecule has 4 nitrogen and oxygen atoms in total. The first-order valence-electron chi connectivity index (χ1n) is 25.1. The van der Waals surface area contributed by atoms with E-state index < -0.39 is 0 Å². The van der Waals surface area contributed by atoms with E-state index in [1.807, 2.05) is 24.8 Å². The molecule has 4 heterocycles. The predicted octanol–water partition coefficient (Wildman–Crippen LogP) is 16.9. The number of pyridine rings is 2. The number of anilines is 4. The molecule has 2 aliphatic heterocycles. The highest BCUT2D eigenvalue weighted by Gasteiger charge is 2.59. The van der Waals surface area contributed by atoms with Crippen LogP contribution in [-0.4, -0.2) is 21.0 Å². The topological polar surface area (TPSA) is 32.3 Å². The molecule has 2 aromatic heterocycles. The summed E-state index contributed by atoms with van der Waals surface area (Å²) in [6, 6.07) is 60.2. The molecule has 68 heavy (non-hydrogen) atoms. The highest BCUT2D eigenvalue weighted by molar-refractivity contribution is 6.22. The fourth-order valence-corrected chi connectivity index (χ4v) is 14.0. The van der Waals surface area contributed by atoms with E-state index in [0.717, 1.165) is 0 Å². The lowest BCUT2D eigenvalue weighted by Crippen LogP contribution is -2.54. The average Bonchev–Trinajstić information content (AvgIpc) is 3.73. The smallest absolute Gasteiger partial charge is 0.0517 e. The lowest BCUT2D eigenvalue weighted by molar-refractivity contribution is 0.195. The number of rotatable bonds is 6. The maximum Gasteiger partial charge on any atom is 0.0517 e. The number of nitrogens with zero attached hydrogens (tertiary/aromatic N) is 4. The highest BCUT2D eigenvalue weighted by atomic mass is 15.3. The van der Waals surface area contributed by atoms with Gasteiger partial charge in [0.25, 0.3) is 0 Å². The van der Waals surface area contributed by atoms with Crippen LogP contribution in [-0.2, 0) is 10.8 Å². The van der Waals surface area contributed by atoms with Crippen LogP contribution in [0.1, 0.15) is 90.2 Å². The van der Waals surface area contributed by atoms with Gasteiger partial charge in [0.05, 0.1) is 11.1 Å². The van der Waals surface area contributed by atoms with Crippen molar-refractivity contribution in [1.82, 2.24) is 9.97 Å². The quantitative estimate of drug-likeness (QED) is 0.156. The van der Waals surface area contributed by atoms with Crippen LogP contribution in [0.15, 0.2) is 183 Å². The zero-order chi connectivity index (χ0) is 45.8. The Morgan fingerprint density at radius 2 is 0.721 bits per heavy atom. The number of hydrogen-bond donors (Lipinski definition) is 0. The Labute approximate surface area is 401 Å². The van der Waals surface area contributed by atoms with Crippen LogP contribution in [0.25, 0.3) is 66.1 Å². The number of benzene rings is 7. The van der Waals surface area contributed by atoms with Gasteiger partial charge >= 0.3 is 0 Å². The average molecular weight is 883 g/mol. The number of aromatic nitrogens is 2. The first kappa shape index (κ1) is 41.2. The Bertz CT molecular complexity index is 3190. The van der Waals surface area contributed by atoms with Crippen molar-refractivity contribution < 1.29 is 0 Å². The molecule has 0 spiro atoms. The van der Waals surface area contributed by atoms with E-state index in [1.54, 1.807) is 0 Å². The molecule has 0 amide bonds. The maximum atomic E-state index is 4.40. The molecule has 2 fully saturated rings. The van der Waals surface area contributed by atoms with E-state index in [9.17, 15) is 0 Å². The molecular formula is C64H58N4. The van der Waals surface area contributed by atoms with Crippen LogP contribution in [0.5, 0.6) is 0 Å². The second-order valence-electron chi connectivity index (χ2n) is 21.2. The molecule has 0 radical (unpaired) electrons. The van der Waals surface area contributed by atoms with Gasteiger partial charge in [0.15, 0.2) is 0 Å². The lowest BCUT2D eigenvalue weighted by Gasteiger charge is -2.50. The van der Waals surface area contributed by atoms with Crippen molar-refractivity contribution in [2.24, 2.45) is 0 Å². The van der Waals surface area contributed by atoms with Crippen molar-refractivity contribution in [2.75, 3.05) is 9.80 Å². The lowest BCUT2D eigenvalue weighted by atomic mass is 9.61. The largest absolute Gasteiger partial charge is 0.334 e. The summed E-state index contributed by atoms with van der Waals surface area (Å²) in [6.07, 6.45) is 17.5. The standard InChI is InChI=1S/C64H58N4/c1-61-31-11-13-33-63(61,3)67(49-27-35-65-36-28-49)57-25-21-47(41-55(57)61)45-19-23-51-53(39-45)59(43-15-7-5-8-16-43)52-24-20-46(40-54(52)60(51)44-17-9-6-10-18-44)48-22-26-58-56(42-48)62(2)32-12-14-34-64(62,4)68(58)50-29-37-66-38-30-50/h5-10,15-30,35-42H,11-14,31-34H2,1-4H3. The zero-order valence-corrected chi connectivity index (χ0v) is 39.8. The summed E-state index contributed by atoms with van der Waals surface area (Å²) in [5, 5.41) is 5.10.